The number of nitrogens with one attached hydrogen (secondary N) is 1. The lowest BCUT2D eigenvalue weighted by Gasteiger charge is -2.43. The number of hydrogen-bond acceptors (Lipinski definition) is 5. The van der Waals surface area contributed by atoms with E-state index in [9.17, 15) is 19.2 Å². The highest BCUT2D eigenvalue weighted by Crippen LogP contribution is 2.46. The third-order valence-corrected chi connectivity index (χ3v) is 6.25. The van der Waals surface area contributed by atoms with E-state index in [-0.39, 0.29) is 23.0 Å². The molecule has 1 N–H and O–H groups in total. The van der Waals surface area contributed by atoms with Gasteiger partial charge in [-0.15, -0.1) is 0 Å². The summed E-state index contributed by atoms with van der Waals surface area (Å²) in [6, 6.07) is 4.93. The van der Waals surface area contributed by atoms with Crippen LogP contribution in [0.2, 0.25) is 0 Å². The van der Waals surface area contributed by atoms with E-state index in [0.29, 0.717) is 18.4 Å². The SMILES string of the molecule is Cc1ccc(C)c(C(=O)[C@@H](C)OC(=O)CN2C(=O)N[C@]3(C[C@@H](C)CC(C)(C)C3)C2=O)c1. The van der Waals surface area contributed by atoms with E-state index in [1.54, 1.807) is 6.07 Å². The van der Waals surface area contributed by atoms with Crippen molar-refractivity contribution in [1.82, 2.24) is 10.2 Å². The van der Waals surface area contributed by atoms with Crippen LogP contribution in [-0.2, 0) is 14.3 Å². The first-order valence-corrected chi connectivity index (χ1v) is 10.8. The maximum Gasteiger partial charge on any atom is 0.326 e. The number of esters is 1. The largest absolute Gasteiger partial charge is 0.453 e. The molecule has 0 radical (unpaired) electrons. The third kappa shape index (κ3) is 4.65. The first-order chi connectivity index (χ1) is 14.3. The molecule has 3 atom stereocenters. The number of ketones is 1. The highest BCUT2D eigenvalue weighted by atomic mass is 16.5. The van der Waals surface area contributed by atoms with Gasteiger partial charge in [0.15, 0.2) is 6.10 Å². The minimum Gasteiger partial charge on any atom is -0.453 e. The predicted molar refractivity (Wildman–Crippen MR) is 116 cm³/mol. The number of carbonyl (C=O) groups excluding carboxylic acids is 4. The van der Waals surface area contributed by atoms with E-state index in [0.717, 1.165) is 22.4 Å². The Labute approximate surface area is 183 Å². The molecule has 1 spiro atoms. The molecule has 1 saturated heterocycles. The number of urea groups is 1. The van der Waals surface area contributed by atoms with E-state index in [1.165, 1.54) is 6.92 Å². The van der Waals surface area contributed by atoms with Crippen LogP contribution in [0.15, 0.2) is 18.2 Å². The number of amides is 3. The number of imide groups is 1. The zero-order valence-corrected chi connectivity index (χ0v) is 19.2. The smallest absolute Gasteiger partial charge is 0.326 e. The van der Waals surface area contributed by atoms with Gasteiger partial charge >= 0.3 is 12.0 Å². The zero-order valence-electron chi connectivity index (χ0n) is 19.2. The lowest BCUT2D eigenvalue weighted by molar-refractivity contribution is -0.150. The summed E-state index contributed by atoms with van der Waals surface area (Å²) in [5.41, 5.74) is 1.15. The minimum absolute atomic E-state index is 0.0935. The molecule has 1 aliphatic heterocycles. The van der Waals surface area contributed by atoms with Crippen molar-refractivity contribution in [2.75, 3.05) is 6.54 Å². The molecule has 0 unspecified atom stereocenters. The molecule has 0 aromatic heterocycles. The Kier molecular flexibility index (Phi) is 6.00. The van der Waals surface area contributed by atoms with Crippen molar-refractivity contribution in [1.29, 1.82) is 0 Å². The van der Waals surface area contributed by atoms with Gasteiger partial charge in [0.05, 0.1) is 0 Å². The zero-order chi connectivity index (χ0) is 23.1. The van der Waals surface area contributed by atoms with Gasteiger partial charge < -0.3 is 10.1 Å². The van der Waals surface area contributed by atoms with Crippen LogP contribution >= 0.6 is 0 Å². The number of benzene rings is 1. The Morgan fingerprint density at radius 1 is 1.23 bits per heavy atom. The van der Waals surface area contributed by atoms with Gasteiger partial charge in [-0.3, -0.25) is 19.3 Å². The van der Waals surface area contributed by atoms with E-state index in [4.69, 9.17) is 4.74 Å². The second-order valence-electron chi connectivity index (χ2n) is 10.1. The summed E-state index contributed by atoms with van der Waals surface area (Å²) >= 11 is 0. The maximum absolute atomic E-state index is 13.2. The minimum atomic E-state index is -1.02. The number of Topliss-reactive ketones (excluding diaryl/α,β-unsaturated/α-hetero) is 1. The summed E-state index contributed by atoms with van der Waals surface area (Å²) < 4.78 is 5.30. The fourth-order valence-electron chi connectivity index (χ4n) is 5.29. The van der Waals surface area contributed by atoms with Crippen LogP contribution < -0.4 is 5.32 Å². The molecule has 31 heavy (non-hydrogen) atoms. The van der Waals surface area contributed by atoms with Gasteiger partial charge in [0, 0.05) is 5.56 Å². The predicted octanol–water partition coefficient (Wildman–Crippen LogP) is 3.55. The number of ether oxygens (including phenoxy) is 1. The van der Waals surface area contributed by atoms with Crippen molar-refractivity contribution in [3.05, 3.63) is 34.9 Å². The van der Waals surface area contributed by atoms with Gasteiger partial charge in [-0.05, 0) is 63.0 Å². The Morgan fingerprint density at radius 2 is 1.90 bits per heavy atom. The van der Waals surface area contributed by atoms with Crippen molar-refractivity contribution in [2.24, 2.45) is 11.3 Å². The van der Waals surface area contributed by atoms with Gasteiger partial charge in [0.1, 0.15) is 12.1 Å². The lowest BCUT2D eigenvalue weighted by Crippen LogP contribution is -2.54. The average Bonchev–Trinajstić information content (AvgIpc) is 2.84. The molecule has 1 heterocycles. The van der Waals surface area contributed by atoms with Crippen LogP contribution in [0.25, 0.3) is 0 Å². The monoisotopic (exact) mass is 428 g/mol. The van der Waals surface area contributed by atoms with Crippen molar-refractivity contribution in [2.45, 2.75) is 72.4 Å². The second kappa shape index (κ2) is 8.09. The van der Waals surface area contributed by atoms with Gasteiger partial charge in [-0.2, -0.15) is 0 Å². The van der Waals surface area contributed by atoms with Crippen LogP contribution in [0.1, 0.15) is 68.4 Å². The van der Waals surface area contributed by atoms with Crippen LogP contribution in [0, 0.1) is 25.2 Å². The van der Waals surface area contributed by atoms with Gasteiger partial charge in [-0.1, -0.05) is 38.5 Å². The summed E-state index contributed by atoms with van der Waals surface area (Å²) in [5, 5.41) is 2.84. The van der Waals surface area contributed by atoms with Crippen LogP contribution in [0.5, 0.6) is 0 Å². The first kappa shape index (κ1) is 23.0. The average molecular weight is 429 g/mol. The fourth-order valence-corrected chi connectivity index (χ4v) is 5.29. The number of aryl methyl sites for hydroxylation is 2. The summed E-state index contributed by atoms with van der Waals surface area (Å²) in [6.07, 6.45) is 1.03. The topological polar surface area (TPSA) is 92.8 Å². The van der Waals surface area contributed by atoms with Crippen LogP contribution in [0.3, 0.4) is 0 Å². The standard InChI is InChI=1S/C24H32N2O5/c1-14-7-8-16(3)18(9-14)20(28)17(4)31-19(27)12-26-21(29)24(25-22(26)30)11-15(2)10-23(5,6)13-24/h7-9,15,17H,10-13H2,1-6H3,(H,25,30)/t15-,17+,24-/m0/s1. The van der Waals surface area contributed by atoms with Crippen molar-refractivity contribution < 1.29 is 23.9 Å². The molecule has 7 nitrogen and oxygen atoms in total. The van der Waals surface area contributed by atoms with Crippen LogP contribution in [-0.4, -0.2) is 46.8 Å². The molecule has 168 valence electrons. The Morgan fingerprint density at radius 3 is 2.55 bits per heavy atom. The third-order valence-electron chi connectivity index (χ3n) is 6.25. The van der Waals surface area contributed by atoms with Gasteiger partial charge in [0.25, 0.3) is 5.91 Å². The number of hydrogen-bond donors (Lipinski definition) is 1. The first-order valence-electron chi connectivity index (χ1n) is 10.8. The van der Waals surface area contributed by atoms with E-state index in [2.05, 4.69) is 26.1 Å². The van der Waals surface area contributed by atoms with Gasteiger partial charge in [-0.25, -0.2) is 4.79 Å². The summed E-state index contributed by atoms with van der Waals surface area (Å²) in [6.45, 7) is 10.9. The molecule has 3 amide bonds. The molecular formula is C24H32N2O5. The molecule has 1 aromatic carbocycles. The Bertz CT molecular complexity index is 938. The molecule has 1 aromatic rings. The van der Waals surface area contributed by atoms with E-state index >= 15 is 0 Å². The quantitative estimate of drug-likeness (QED) is 0.440. The van der Waals surface area contributed by atoms with E-state index in [1.807, 2.05) is 26.0 Å². The molecule has 2 fully saturated rings. The van der Waals surface area contributed by atoms with Crippen molar-refractivity contribution >= 4 is 23.7 Å². The molecule has 0 bridgehead atoms. The van der Waals surface area contributed by atoms with Gasteiger partial charge in [0.2, 0.25) is 5.78 Å². The number of carbonyl (C=O) groups is 4. The van der Waals surface area contributed by atoms with E-state index < -0.39 is 30.2 Å². The Hall–Kier alpha value is -2.70. The summed E-state index contributed by atoms with van der Waals surface area (Å²) in [5.74, 6) is -1.21. The molecule has 2 aliphatic rings. The van der Waals surface area contributed by atoms with Crippen molar-refractivity contribution in [3.8, 4) is 0 Å². The Balaban J connectivity index is 1.68. The highest BCUT2D eigenvalue weighted by Gasteiger charge is 2.56. The number of rotatable bonds is 5. The van der Waals surface area contributed by atoms with Crippen LogP contribution in [0.4, 0.5) is 4.79 Å². The highest BCUT2D eigenvalue weighted by molar-refractivity contribution is 6.09. The number of nitrogens with zero attached hydrogens (tertiary/aromatic N) is 1. The molecule has 3 rings (SSSR count). The molecule has 1 aliphatic carbocycles. The summed E-state index contributed by atoms with van der Waals surface area (Å²) in [4.78, 5) is 51.9. The normalized spacial score (nSPS) is 26.0. The lowest BCUT2D eigenvalue weighted by atomic mass is 9.64. The van der Waals surface area contributed by atoms with Crippen molar-refractivity contribution in [3.63, 3.8) is 0 Å². The maximum atomic E-state index is 13.2. The second-order valence-corrected chi connectivity index (χ2v) is 10.1. The summed E-state index contributed by atoms with van der Waals surface area (Å²) in [7, 11) is 0. The molecule has 7 heteroatoms. The molecule has 1 saturated carbocycles. The fraction of sp³-hybridized carbons (Fsp3) is 0.583. The molecular weight excluding hydrogens is 396 g/mol.